The van der Waals surface area contributed by atoms with Gasteiger partial charge >= 0.3 is 0 Å². The van der Waals surface area contributed by atoms with Crippen molar-refractivity contribution in [2.24, 2.45) is 0 Å². The Morgan fingerprint density at radius 1 is 0.449 bits per heavy atom. The van der Waals surface area contributed by atoms with Crippen LogP contribution in [0.1, 0.15) is 187 Å². The Kier molecular flexibility index (Phi) is 40.7. The van der Waals surface area contributed by atoms with Crippen molar-refractivity contribution in [2.75, 3.05) is 60.6 Å². The normalized spacial score (nSPS) is 13.0. The Hall–Kier alpha value is -0.940. The van der Waals surface area contributed by atoms with Crippen molar-refractivity contribution in [2.45, 2.75) is 193 Å². The molecule has 0 saturated carbocycles. The lowest BCUT2D eigenvalue weighted by atomic mass is 10.1. The summed E-state index contributed by atoms with van der Waals surface area (Å²) in [5, 5.41) is 0. The summed E-state index contributed by atoms with van der Waals surface area (Å²) in [6.07, 6.45) is 49.8. The molecule has 4 nitrogen and oxygen atoms in total. The van der Waals surface area contributed by atoms with Crippen LogP contribution < -0.4 is 0 Å². The minimum absolute atomic E-state index is 0.178. The maximum Gasteiger partial charge on any atom is 0.0934 e. The van der Waals surface area contributed by atoms with E-state index in [1.54, 1.807) is 0 Å². The second kappa shape index (κ2) is 41.5. The summed E-state index contributed by atoms with van der Waals surface area (Å²) in [4.78, 5) is 4.70. The van der Waals surface area contributed by atoms with Gasteiger partial charge in [0.1, 0.15) is 0 Å². The van der Waals surface area contributed by atoms with E-state index < -0.39 is 0 Å². The van der Waals surface area contributed by atoms with Crippen molar-refractivity contribution in [1.29, 1.82) is 0 Å². The Morgan fingerprint density at radius 2 is 0.878 bits per heavy atom. The second-order valence-corrected chi connectivity index (χ2v) is 15.0. The summed E-state index contributed by atoms with van der Waals surface area (Å²) in [6, 6.07) is 0. The number of ether oxygens (including phenoxy) is 2. The number of hydrogen-bond donors (Lipinski definition) is 0. The van der Waals surface area contributed by atoms with Crippen molar-refractivity contribution in [1.82, 2.24) is 9.80 Å². The summed E-state index contributed by atoms with van der Waals surface area (Å²) >= 11 is 0. The van der Waals surface area contributed by atoms with E-state index >= 15 is 0 Å². The van der Waals surface area contributed by atoms with Gasteiger partial charge in [-0.25, -0.2) is 0 Å². The number of unbranched alkanes of at least 4 members (excludes halogenated alkanes) is 21. The molecule has 1 unspecified atom stereocenters. The number of likely N-dealkylation sites (N-methyl/N-ethyl adjacent to an activating group) is 1. The lowest BCUT2D eigenvalue weighted by Crippen LogP contribution is -2.36. The zero-order chi connectivity index (χ0) is 35.7. The number of allylic oxidation sites excluding steroid dienone is 6. The van der Waals surface area contributed by atoms with Crippen LogP contribution in [0.2, 0.25) is 0 Å². The first-order chi connectivity index (χ1) is 24.1. The zero-order valence-electron chi connectivity index (χ0n) is 34.1. The maximum absolute atomic E-state index is 6.40. The lowest BCUT2D eigenvalue weighted by molar-refractivity contribution is -0.0315. The first-order valence-electron chi connectivity index (χ1n) is 21.6. The van der Waals surface area contributed by atoms with Crippen LogP contribution in [0.25, 0.3) is 0 Å². The highest BCUT2D eigenvalue weighted by Crippen LogP contribution is 2.12. The van der Waals surface area contributed by atoms with Crippen LogP contribution in [0.4, 0.5) is 0 Å². The van der Waals surface area contributed by atoms with Crippen LogP contribution in [0.3, 0.4) is 0 Å². The van der Waals surface area contributed by atoms with Gasteiger partial charge in [0.15, 0.2) is 0 Å². The zero-order valence-corrected chi connectivity index (χ0v) is 34.1. The standard InChI is InChI=1S/C45H88N2O2/c1-6-8-10-12-14-16-18-20-22-24-26-28-30-32-34-36-41-48-44-45(43-47(5)40-38-39-46(3)4)49-42-37-35-33-31-29-27-25-23-21-19-17-15-13-11-9-7-2/h14,16,20-23,45H,6-13,15,17-19,24-44H2,1-5H3/b16-14-,22-20-,23-21-. The molecule has 0 radical (unpaired) electrons. The van der Waals surface area contributed by atoms with Crippen LogP contribution in [-0.2, 0) is 9.47 Å². The van der Waals surface area contributed by atoms with Crippen molar-refractivity contribution in [3.63, 3.8) is 0 Å². The molecule has 1 atom stereocenters. The quantitative estimate of drug-likeness (QED) is 0.0472. The van der Waals surface area contributed by atoms with Crippen molar-refractivity contribution >= 4 is 0 Å². The average molecular weight is 689 g/mol. The molecule has 0 aliphatic rings. The summed E-state index contributed by atoms with van der Waals surface area (Å²) in [6.45, 7) is 10.2. The van der Waals surface area contributed by atoms with Gasteiger partial charge < -0.3 is 19.3 Å². The van der Waals surface area contributed by atoms with Gasteiger partial charge in [-0.1, -0.05) is 147 Å². The van der Waals surface area contributed by atoms with Crippen molar-refractivity contribution in [3.05, 3.63) is 36.5 Å². The minimum atomic E-state index is 0.178. The molecular weight excluding hydrogens is 601 g/mol. The fourth-order valence-corrected chi connectivity index (χ4v) is 6.26. The minimum Gasteiger partial charge on any atom is -0.379 e. The highest BCUT2D eigenvalue weighted by Gasteiger charge is 2.13. The third kappa shape index (κ3) is 41.4. The number of hydrogen-bond acceptors (Lipinski definition) is 4. The lowest BCUT2D eigenvalue weighted by Gasteiger charge is -2.25. The Labute approximate surface area is 308 Å². The molecule has 0 heterocycles. The first kappa shape index (κ1) is 48.1. The average Bonchev–Trinajstić information content (AvgIpc) is 3.08. The topological polar surface area (TPSA) is 24.9 Å². The molecule has 49 heavy (non-hydrogen) atoms. The fraction of sp³-hybridized carbons (Fsp3) is 0.867. The molecule has 0 aromatic heterocycles. The highest BCUT2D eigenvalue weighted by atomic mass is 16.5. The molecule has 0 fully saturated rings. The van der Waals surface area contributed by atoms with Gasteiger partial charge in [0.25, 0.3) is 0 Å². The van der Waals surface area contributed by atoms with E-state index in [4.69, 9.17) is 9.47 Å². The Bertz CT molecular complexity index is 704. The SMILES string of the molecule is CCCCC/C=C\C/C=C\CCCCCCCCOCC(CN(C)CCCN(C)C)OCCCCCCCC/C=C\CCCCCCCC. The van der Waals surface area contributed by atoms with E-state index in [0.717, 1.165) is 45.9 Å². The van der Waals surface area contributed by atoms with E-state index in [9.17, 15) is 0 Å². The van der Waals surface area contributed by atoms with Crippen molar-refractivity contribution < 1.29 is 9.47 Å². The monoisotopic (exact) mass is 689 g/mol. The molecule has 0 aliphatic heterocycles. The van der Waals surface area contributed by atoms with Crippen LogP contribution >= 0.6 is 0 Å². The molecule has 0 N–H and O–H groups in total. The predicted molar refractivity (Wildman–Crippen MR) is 220 cm³/mol. The number of nitrogens with zero attached hydrogens (tertiary/aromatic N) is 2. The molecule has 0 aromatic rings. The van der Waals surface area contributed by atoms with Crippen LogP contribution in [-0.4, -0.2) is 76.5 Å². The molecule has 0 saturated heterocycles. The third-order valence-corrected chi connectivity index (χ3v) is 9.46. The highest BCUT2D eigenvalue weighted by molar-refractivity contribution is 4.92. The van der Waals surface area contributed by atoms with E-state index in [1.165, 1.54) is 167 Å². The molecule has 290 valence electrons. The molecule has 0 rings (SSSR count). The second-order valence-electron chi connectivity index (χ2n) is 15.0. The first-order valence-corrected chi connectivity index (χ1v) is 21.6. The maximum atomic E-state index is 6.40. The van der Waals surface area contributed by atoms with Crippen LogP contribution in [0.5, 0.6) is 0 Å². The van der Waals surface area contributed by atoms with Gasteiger partial charge in [0.05, 0.1) is 12.7 Å². The van der Waals surface area contributed by atoms with Gasteiger partial charge in [0.2, 0.25) is 0 Å². The van der Waals surface area contributed by atoms with Gasteiger partial charge in [-0.05, 0) is 111 Å². The molecule has 4 heteroatoms. The third-order valence-electron chi connectivity index (χ3n) is 9.46. The van der Waals surface area contributed by atoms with Crippen LogP contribution in [0, 0.1) is 0 Å². The molecule has 0 aromatic carbocycles. The van der Waals surface area contributed by atoms with Gasteiger partial charge in [-0.3, -0.25) is 0 Å². The summed E-state index contributed by atoms with van der Waals surface area (Å²) in [5.41, 5.74) is 0. The van der Waals surface area contributed by atoms with E-state index in [0.29, 0.717) is 0 Å². The molecule has 0 spiro atoms. The number of rotatable bonds is 40. The summed E-state index contributed by atoms with van der Waals surface area (Å²) < 4.78 is 12.6. The van der Waals surface area contributed by atoms with Gasteiger partial charge in [0, 0.05) is 19.8 Å². The van der Waals surface area contributed by atoms with Gasteiger partial charge in [-0.15, -0.1) is 0 Å². The van der Waals surface area contributed by atoms with Gasteiger partial charge in [-0.2, -0.15) is 0 Å². The predicted octanol–water partition coefficient (Wildman–Crippen LogP) is 13.1. The van der Waals surface area contributed by atoms with Crippen LogP contribution in [0.15, 0.2) is 36.5 Å². The molecule has 0 amide bonds. The summed E-state index contributed by atoms with van der Waals surface area (Å²) in [7, 11) is 6.55. The Balaban J connectivity index is 3.93. The Morgan fingerprint density at radius 3 is 1.41 bits per heavy atom. The van der Waals surface area contributed by atoms with E-state index in [-0.39, 0.29) is 6.10 Å². The summed E-state index contributed by atoms with van der Waals surface area (Å²) in [5.74, 6) is 0. The molecule has 0 aliphatic carbocycles. The molecular formula is C45H88N2O2. The van der Waals surface area contributed by atoms with E-state index in [1.807, 2.05) is 0 Å². The van der Waals surface area contributed by atoms with E-state index in [2.05, 4.69) is 81.2 Å². The fourth-order valence-electron chi connectivity index (χ4n) is 6.26. The van der Waals surface area contributed by atoms with Crippen molar-refractivity contribution in [3.8, 4) is 0 Å². The molecule has 0 bridgehead atoms. The smallest absolute Gasteiger partial charge is 0.0934 e. The largest absolute Gasteiger partial charge is 0.379 e.